The molecule has 6 heteroatoms. The first-order valence-corrected chi connectivity index (χ1v) is 8.84. The van der Waals surface area contributed by atoms with Gasteiger partial charge in [0.25, 0.3) is 0 Å². The van der Waals surface area contributed by atoms with E-state index in [1.165, 1.54) is 7.11 Å². The summed E-state index contributed by atoms with van der Waals surface area (Å²) in [5.41, 5.74) is 0. The number of hydrogen-bond acceptors (Lipinski definition) is 4. The molecule has 0 amide bonds. The van der Waals surface area contributed by atoms with Crippen LogP contribution in [0.15, 0.2) is 4.99 Å². The number of aliphatic imine (C=N–C) groups is 1. The molecule has 0 fully saturated rings. The first-order chi connectivity index (χ1) is 7.56. The van der Waals surface area contributed by atoms with Gasteiger partial charge in [0.05, 0.1) is 0 Å². The zero-order valence-corrected chi connectivity index (χ0v) is 13.2. The van der Waals surface area contributed by atoms with E-state index in [2.05, 4.69) is 31.6 Å². The van der Waals surface area contributed by atoms with E-state index in [9.17, 15) is 9.90 Å². The number of nitrogens with zero attached hydrogens (tertiary/aromatic N) is 1. The SMILES string of the molecule is CC[C@H](O)C([Se])=N[C@@H](CC[Se]C)C(=O)OC. The molecule has 0 spiro atoms. The zero-order valence-electron chi connectivity index (χ0n) is 9.80. The third-order valence-corrected chi connectivity index (χ3v) is 4.17. The van der Waals surface area contributed by atoms with E-state index >= 15 is 0 Å². The quantitative estimate of drug-likeness (QED) is 0.408. The van der Waals surface area contributed by atoms with Gasteiger partial charge in [-0.05, 0) is 0 Å². The number of hydrogen-bond donors (Lipinski definition) is 1. The first kappa shape index (κ1) is 16.1. The van der Waals surface area contributed by atoms with Crippen LogP contribution in [0.2, 0.25) is 11.1 Å². The van der Waals surface area contributed by atoms with Gasteiger partial charge in [-0.15, -0.1) is 0 Å². The van der Waals surface area contributed by atoms with Crippen LogP contribution in [-0.2, 0) is 9.53 Å². The second-order valence-electron chi connectivity index (χ2n) is 3.21. The normalized spacial score (nSPS) is 15.6. The zero-order chi connectivity index (χ0) is 12.6. The third-order valence-electron chi connectivity index (χ3n) is 2.02. The van der Waals surface area contributed by atoms with Gasteiger partial charge in [-0.25, -0.2) is 0 Å². The Kier molecular flexibility index (Phi) is 9.28. The molecule has 0 saturated carbocycles. The Hall–Kier alpha value is 0.139. The molecule has 0 aliphatic carbocycles. The Morgan fingerprint density at radius 1 is 1.62 bits per heavy atom. The van der Waals surface area contributed by atoms with Gasteiger partial charge in [-0.2, -0.15) is 0 Å². The van der Waals surface area contributed by atoms with Gasteiger partial charge in [0.1, 0.15) is 0 Å². The van der Waals surface area contributed by atoms with Crippen LogP contribution in [0.5, 0.6) is 0 Å². The number of methoxy groups -OCH3 is 1. The predicted molar refractivity (Wildman–Crippen MR) is 66.3 cm³/mol. The van der Waals surface area contributed by atoms with Crippen molar-refractivity contribution in [3.05, 3.63) is 0 Å². The Morgan fingerprint density at radius 3 is 2.69 bits per heavy atom. The summed E-state index contributed by atoms with van der Waals surface area (Å²) in [7, 11) is 1.36. The topological polar surface area (TPSA) is 58.9 Å². The molecule has 1 N–H and O–H groups in total. The number of carbonyl (C=O) groups is 1. The molecule has 0 bridgehead atoms. The maximum absolute atomic E-state index is 11.4. The van der Waals surface area contributed by atoms with E-state index < -0.39 is 12.1 Å². The Labute approximate surface area is 111 Å². The van der Waals surface area contributed by atoms with Gasteiger partial charge in [-0.1, -0.05) is 0 Å². The summed E-state index contributed by atoms with van der Waals surface area (Å²) < 4.78 is 5.18. The van der Waals surface area contributed by atoms with Crippen LogP contribution in [0.4, 0.5) is 0 Å². The standard InChI is InChI=1S/C10H18NO3Se2/c1-4-8(12)9(15)11-7(5-6-16-3)10(13)14-2/h7-8,12H,4-6H2,1-3H3/t7-,8-/m0/s1. The molecule has 0 aromatic rings. The van der Waals surface area contributed by atoms with Crippen molar-refractivity contribution in [2.75, 3.05) is 7.11 Å². The van der Waals surface area contributed by atoms with Crippen molar-refractivity contribution in [2.24, 2.45) is 4.99 Å². The van der Waals surface area contributed by atoms with E-state index in [-0.39, 0.29) is 5.97 Å². The number of carbonyl (C=O) groups excluding carboxylic acids is 1. The average molecular weight is 358 g/mol. The van der Waals surface area contributed by atoms with Gasteiger partial charge in [0.2, 0.25) is 0 Å². The summed E-state index contributed by atoms with van der Waals surface area (Å²) in [6, 6.07) is -0.482. The fourth-order valence-electron chi connectivity index (χ4n) is 1.01. The molecule has 1 radical (unpaired) electrons. The van der Waals surface area contributed by atoms with Crippen molar-refractivity contribution in [3.63, 3.8) is 0 Å². The van der Waals surface area contributed by atoms with Crippen molar-refractivity contribution in [1.82, 2.24) is 0 Å². The summed E-state index contributed by atoms with van der Waals surface area (Å²) in [6.07, 6.45) is 0.654. The molecule has 0 unspecified atom stereocenters. The first-order valence-electron chi connectivity index (χ1n) is 5.06. The van der Waals surface area contributed by atoms with Crippen molar-refractivity contribution in [2.45, 2.75) is 43.1 Å². The summed E-state index contributed by atoms with van der Waals surface area (Å²) in [5, 5.41) is 10.5. The van der Waals surface area contributed by atoms with Gasteiger partial charge in [0.15, 0.2) is 0 Å². The Morgan fingerprint density at radius 2 is 2.25 bits per heavy atom. The van der Waals surface area contributed by atoms with Crippen LogP contribution in [0.1, 0.15) is 19.8 Å². The third kappa shape index (κ3) is 6.02. The van der Waals surface area contributed by atoms with E-state index in [1.807, 2.05) is 6.92 Å². The van der Waals surface area contributed by atoms with E-state index in [1.54, 1.807) is 0 Å². The Bertz CT molecular complexity index is 246. The number of aliphatic hydroxyl groups is 1. The summed E-state index contributed by atoms with van der Waals surface area (Å²) in [5.74, 6) is 1.78. The predicted octanol–water partition coefficient (Wildman–Crippen LogP) is 0.427. The molecule has 0 saturated heterocycles. The van der Waals surface area contributed by atoms with Crippen LogP contribution >= 0.6 is 0 Å². The molecule has 0 aromatic heterocycles. The molecule has 0 aromatic carbocycles. The Balaban J connectivity index is 4.56. The van der Waals surface area contributed by atoms with Crippen molar-refractivity contribution in [1.29, 1.82) is 0 Å². The molecule has 2 atom stereocenters. The number of rotatable bonds is 7. The van der Waals surface area contributed by atoms with Gasteiger partial charge >= 0.3 is 111 Å². The number of esters is 1. The summed E-state index contributed by atoms with van der Waals surface area (Å²) in [6.45, 7) is 1.86. The van der Waals surface area contributed by atoms with Crippen LogP contribution < -0.4 is 0 Å². The molecular formula is C10H18NO3Se2. The van der Waals surface area contributed by atoms with E-state index in [0.29, 0.717) is 32.4 Å². The van der Waals surface area contributed by atoms with Gasteiger partial charge < -0.3 is 0 Å². The monoisotopic (exact) mass is 360 g/mol. The average Bonchev–Trinajstić information content (AvgIpc) is 2.31. The second kappa shape index (κ2) is 9.20. The van der Waals surface area contributed by atoms with Crippen molar-refractivity contribution in [3.8, 4) is 0 Å². The van der Waals surface area contributed by atoms with E-state index in [4.69, 9.17) is 0 Å². The second-order valence-corrected chi connectivity index (χ2v) is 6.16. The molecule has 0 rings (SSSR count). The maximum atomic E-state index is 11.4. The molecule has 0 heterocycles. The number of ether oxygens (including phenoxy) is 1. The minimum absolute atomic E-state index is 0.333. The molecule has 16 heavy (non-hydrogen) atoms. The minimum atomic E-state index is -0.612. The van der Waals surface area contributed by atoms with E-state index in [0.717, 1.165) is 5.32 Å². The van der Waals surface area contributed by atoms with Gasteiger partial charge in [0, 0.05) is 0 Å². The molecule has 93 valence electrons. The molecule has 4 nitrogen and oxygen atoms in total. The summed E-state index contributed by atoms with van der Waals surface area (Å²) >= 11 is 3.23. The van der Waals surface area contributed by atoms with Crippen molar-refractivity contribution < 1.29 is 14.6 Å². The fourth-order valence-corrected chi connectivity index (χ4v) is 2.59. The van der Waals surface area contributed by atoms with Crippen LogP contribution in [-0.4, -0.2) is 65.9 Å². The van der Waals surface area contributed by atoms with Crippen LogP contribution in [0.3, 0.4) is 0 Å². The molecular weight excluding hydrogens is 340 g/mol. The molecule has 0 aliphatic heterocycles. The summed E-state index contributed by atoms with van der Waals surface area (Å²) in [4.78, 5) is 15.6. The van der Waals surface area contributed by atoms with Gasteiger partial charge in [-0.3, -0.25) is 0 Å². The number of aliphatic hydroxyl groups excluding tert-OH is 1. The fraction of sp³-hybridized carbons (Fsp3) is 0.800. The van der Waals surface area contributed by atoms with Crippen LogP contribution in [0.25, 0.3) is 0 Å². The van der Waals surface area contributed by atoms with Crippen LogP contribution in [0, 0.1) is 0 Å². The van der Waals surface area contributed by atoms with Crippen molar-refractivity contribution >= 4 is 41.5 Å². The molecule has 0 aliphatic rings.